The number of benzene rings is 2. The molecule has 2 aromatic carbocycles. The summed E-state index contributed by atoms with van der Waals surface area (Å²) in [5, 5.41) is 1.61. The molecular formula is C21H21ClFN5. The molecule has 2 aromatic heterocycles. The van der Waals surface area contributed by atoms with Crippen LogP contribution in [-0.4, -0.2) is 50.9 Å². The highest BCUT2D eigenvalue weighted by molar-refractivity contribution is 6.34. The number of aromatic amines is 2. The number of imidazole rings is 1. The molecule has 0 saturated carbocycles. The Hall–Kier alpha value is -2.41. The number of para-hydroxylation sites is 1. The SMILES string of the molecule is Fc1cc(Cl)c2nc(CN3CCN(Cc4cc5ccccc5[nH]4)CC3)[nH]c2c1. The fourth-order valence-corrected chi connectivity index (χ4v) is 4.19. The smallest absolute Gasteiger partial charge is 0.126 e. The first-order chi connectivity index (χ1) is 13.6. The second kappa shape index (κ2) is 7.20. The van der Waals surface area contributed by atoms with Gasteiger partial charge in [0.15, 0.2) is 0 Å². The molecule has 0 spiro atoms. The number of hydrogen-bond acceptors (Lipinski definition) is 3. The van der Waals surface area contributed by atoms with E-state index in [0.717, 1.165) is 38.5 Å². The maximum atomic E-state index is 13.5. The van der Waals surface area contributed by atoms with Gasteiger partial charge in [-0.05, 0) is 29.7 Å². The minimum absolute atomic E-state index is 0.348. The van der Waals surface area contributed by atoms with Crippen LogP contribution in [0.2, 0.25) is 5.02 Å². The van der Waals surface area contributed by atoms with E-state index in [9.17, 15) is 4.39 Å². The van der Waals surface area contributed by atoms with E-state index in [1.165, 1.54) is 28.7 Å². The van der Waals surface area contributed by atoms with Gasteiger partial charge in [0, 0.05) is 43.9 Å². The molecule has 0 aliphatic carbocycles. The Morgan fingerprint density at radius 3 is 2.46 bits per heavy atom. The van der Waals surface area contributed by atoms with Gasteiger partial charge in [-0.15, -0.1) is 0 Å². The van der Waals surface area contributed by atoms with E-state index in [2.05, 4.69) is 55.1 Å². The van der Waals surface area contributed by atoms with Crippen molar-refractivity contribution in [2.75, 3.05) is 26.2 Å². The number of rotatable bonds is 4. The van der Waals surface area contributed by atoms with Crippen molar-refractivity contribution in [1.29, 1.82) is 0 Å². The van der Waals surface area contributed by atoms with Gasteiger partial charge in [-0.3, -0.25) is 9.80 Å². The van der Waals surface area contributed by atoms with E-state index in [0.29, 0.717) is 22.6 Å². The van der Waals surface area contributed by atoms with Gasteiger partial charge in [0.05, 0.1) is 17.1 Å². The summed E-state index contributed by atoms with van der Waals surface area (Å²) >= 11 is 6.10. The molecule has 1 aliphatic heterocycles. The Bertz CT molecular complexity index is 1090. The molecule has 0 unspecified atom stereocenters. The average molecular weight is 398 g/mol. The van der Waals surface area contributed by atoms with Crippen molar-refractivity contribution in [2.24, 2.45) is 0 Å². The van der Waals surface area contributed by atoms with Gasteiger partial charge in [-0.25, -0.2) is 9.37 Å². The lowest BCUT2D eigenvalue weighted by atomic mass is 10.2. The maximum Gasteiger partial charge on any atom is 0.126 e. The van der Waals surface area contributed by atoms with Crippen LogP contribution in [-0.2, 0) is 13.1 Å². The molecule has 0 bridgehead atoms. The van der Waals surface area contributed by atoms with Crippen molar-refractivity contribution >= 4 is 33.5 Å². The van der Waals surface area contributed by atoms with Crippen LogP contribution in [0.25, 0.3) is 21.9 Å². The Kier molecular flexibility index (Phi) is 4.55. The van der Waals surface area contributed by atoms with Crippen molar-refractivity contribution in [3.05, 3.63) is 64.8 Å². The lowest BCUT2D eigenvalue weighted by Crippen LogP contribution is -2.45. The van der Waals surface area contributed by atoms with E-state index in [1.54, 1.807) is 0 Å². The third-order valence-corrected chi connectivity index (χ3v) is 5.66. The van der Waals surface area contributed by atoms with Gasteiger partial charge in [0.1, 0.15) is 17.2 Å². The predicted octanol–water partition coefficient (Wildman–Crippen LogP) is 4.15. The summed E-state index contributed by atoms with van der Waals surface area (Å²) in [5.41, 5.74) is 3.73. The number of nitrogens with zero attached hydrogens (tertiary/aromatic N) is 3. The predicted molar refractivity (Wildman–Crippen MR) is 110 cm³/mol. The first-order valence-electron chi connectivity index (χ1n) is 9.49. The number of aromatic nitrogens is 3. The highest BCUT2D eigenvalue weighted by Crippen LogP contribution is 2.23. The molecule has 28 heavy (non-hydrogen) atoms. The number of hydrogen-bond donors (Lipinski definition) is 2. The molecule has 0 atom stereocenters. The van der Waals surface area contributed by atoms with Crippen LogP contribution in [0, 0.1) is 5.82 Å². The molecule has 5 nitrogen and oxygen atoms in total. The highest BCUT2D eigenvalue weighted by atomic mass is 35.5. The van der Waals surface area contributed by atoms with E-state index < -0.39 is 0 Å². The molecule has 144 valence electrons. The van der Waals surface area contributed by atoms with Crippen molar-refractivity contribution in [3.8, 4) is 0 Å². The molecule has 2 N–H and O–H groups in total. The van der Waals surface area contributed by atoms with Gasteiger partial charge in [0.2, 0.25) is 0 Å². The van der Waals surface area contributed by atoms with Crippen LogP contribution < -0.4 is 0 Å². The molecule has 0 amide bonds. The lowest BCUT2D eigenvalue weighted by Gasteiger charge is -2.33. The van der Waals surface area contributed by atoms with Gasteiger partial charge >= 0.3 is 0 Å². The summed E-state index contributed by atoms with van der Waals surface area (Å²) < 4.78 is 13.5. The fourth-order valence-electron chi connectivity index (χ4n) is 3.95. The first-order valence-corrected chi connectivity index (χ1v) is 9.87. The van der Waals surface area contributed by atoms with Crippen LogP contribution in [0.1, 0.15) is 11.5 Å². The van der Waals surface area contributed by atoms with Crippen LogP contribution in [0.3, 0.4) is 0 Å². The van der Waals surface area contributed by atoms with Crippen molar-refractivity contribution in [3.63, 3.8) is 0 Å². The zero-order valence-electron chi connectivity index (χ0n) is 15.4. The highest BCUT2D eigenvalue weighted by Gasteiger charge is 2.19. The first kappa shape index (κ1) is 17.7. The summed E-state index contributed by atoms with van der Waals surface area (Å²) in [4.78, 5) is 16.1. The third kappa shape index (κ3) is 3.51. The number of nitrogens with one attached hydrogen (secondary N) is 2. The summed E-state index contributed by atoms with van der Waals surface area (Å²) in [6, 6.07) is 13.4. The zero-order valence-corrected chi connectivity index (χ0v) is 16.1. The quantitative estimate of drug-likeness (QED) is 0.543. The van der Waals surface area contributed by atoms with Crippen LogP contribution in [0.4, 0.5) is 4.39 Å². The van der Waals surface area contributed by atoms with Gasteiger partial charge < -0.3 is 9.97 Å². The molecule has 1 fully saturated rings. The summed E-state index contributed by atoms with van der Waals surface area (Å²) in [7, 11) is 0. The summed E-state index contributed by atoms with van der Waals surface area (Å²) in [6.07, 6.45) is 0. The molecule has 3 heterocycles. The number of halogens is 2. The van der Waals surface area contributed by atoms with Crippen LogP contribution in [0.15, 0.2) is 42.5 Å². The molecular weight excluding hydrogens is 377 g/mol. The standard InChI is InChI=1S/C21H21ClFN5/c22-17-10-15(23)11-19-21(17)26-20(25-19)13-28-7-5-27(6-8-28)12-16-9-14-3-1-2-4-18(14)24-16/h1-4,9-11,24H,5-8,12-13H2,(H,25,26). The van der Waals surface area contributed by atoms with Crippen LogP contribution >= 0.6 is 11.6 Å². The normalized spacial score (nSPS) is 16.4. The summed E-state index contributed by atoms with van der Waals surface area (Å²) in [5.74, 6) is 0.477. The molecule has 7 heteroatoms. The Balaban J connectivity index is 1.20. The minimum atomic E-state index is -0.349. The monoisotopic (exact) mass is 397 g/mol. The Morgan fingerprint density at radius 1 is 0.929 bits per heavy atom. The number of H-pyrrole nitrogens is 2. The summed E-state index contributed by atoms with van der Waals surface area (Å²) in [6.45, 7) is 5.60. The zero-order chi connectivity index (χ0) is 19.1. The lowest BCUT2D eigenvalue weighted by molar-refractivity contribution is 0.119. The largest absolute Gasteiger partial charge is 0.357 e. The van der Waals surface area contributed by atoms with Gasteiger partial charge in [0.25, 0.3) is 0 Å². The second-order valence-electron chi connectivity index (χ2n) is 7.40. The van der Waals surface area contributed by atoms with Crippen LogP contribution in [0.5, 0.6) is 0 Å². The van der Waals surface area contributed by atoms with Crippen molar-refractivity contribution < 1.29 is 4.39 Å². The topological polar surface area (TPSA) is 51.0 Å². The Labute approximate surface area is 167 Å². The number of piperazine rings is 1. The van der Waals surface area contributed by atoms with E-state index in [-0.39, 0.29) is 5.82 Å². The van der Waals surface area contributed by atoms with E-state index in [4.69, 9.17) is 11.6 Å². The second-order valence-corrected chi connectivity index (χ2v) is 7.81. The van der Waals surface area contributed by atoms with Crippen molar-refractivity contribution in [1.82, 2.24) is 24.8 Å². The number of fused-ring (bicyclic) bond motifs is 2. The fraction of sp³-hybridized carbons (Fsp3) is 0.286. The Morgan fingerprint density at radius 2 is 1.68 bits per heavy atom. The maximum absolute atomic E-state index is 13.5. The molecule has 5 rings (SSSR count). The van der Waals surface area contributed by atoms with Gasteiger partial charge in [-0.1, -0.05) is 29.8 Å². The average Bonchev–Trinajstić information content (AvgIpc) is 3.26. The molecule has 0 radical (unpaired) electrons. The minimum Gasteiger partial charge on any atom is -0.357 e. The van der Waals surface area contributed by atoms with Crippen molar-refractivity contribution in [2.45, 2.75) is 13.1 Å². The molecule has 4 aromatic rings. The van der Waals surface area contributed by atoms with E-state index >= 15 is 0 Å². The third-order valence-electron chi connectivity index (χ3n) is 5.37. The van der Waals surface area contributed by atoms with E-state index in [1.807, 2.05) is 0 Å². The molecule has 1 aliphatic rings. The van der Waals surface area contributed by atoms with Gasteiger partial charge in [-0.2, -0.15) is 0 Å². The molecule has 1 saturated heterocycles.